The molecule has 0 saturated carbocycles. The van der Waals surface area contributed by atoms with Crippen molar-refractivity contribution < 1.29 is 14.3 Å². The lowest BCUT2D eigenvalue weighted by Gasteiger charge is -2.34. The van der Waals surface area contributed by atoms with Gasteiger partial charge in [-0.1, -0.05) is 0 Å². The van der Waals surface area contributed by atoms with Crippen LogP contribution in [-0.2, 0) is 4.74 Å². The van der Waals surface area contributed by atoms with Gasteiger partial charge in [0.1, 0.15) is 0 Å². The SMILES string of the molecule is CC(C)(C)NC(=O)N1CCC(c2ccn3ncc(C(=O)N4CCOCC4)c3c2)CC1. The number of amides is 3. The number of carbonyl (C=O) groups is 2. The predicted octanol–water partition coefficient (Wildman–Crippen LogP) is 2.49. The highest BCUT2D eigenvalue weighted by Gasteiger charge is 2.27. The molecule has 0 aromatic carbocycles. The Bertz CT molecular complexity index is 918. The third kappa shape index (κ3) is 4.43. The first kappa shape index (κ1) is 20.7. The van der Waals surface area contributed by atoms with E-state index in [1.807, 2.05) is 36.8 Å². The van der Waals surface area contributed by atoms with Crippen molar-refractivity contribution in [2.75, 3.05) is 39.4 Å². The third-order valence-electron chi connectivity index (χ3n) is 5.81. The molecular weight excluding hydrogens is 382 g/mol. The Balaban J connectivity index is 1.46. The van der Waals surface area contributed by atoms with E-state index in [1.54, 1.807) is 10.7 Å². The first-order valence-electron chi connectivity index (χ1n) is 10.7. The lowest BCUT2D eigenvalue weighted by Crippen LogP contribution is -2.50. The number of urea groups is 1. The van der Waals surface area contributed by atoms with Gasteiger partial charge in [0.2, 0.25) is 0 Å². The fourth-order valence-electron chi connectivity index (χ4n) is 4.17. The molecule has 4 heterocycles. The van der Waals surface area contributed by atoms with Crippen LogP contribution in [-0.4, -0.2) is 76.3 Å². The van der Waals surface area contributed by atoms with E-state index in [9.17, 15) is 9.59 Å². The summed E-state index contributed by atoms with van der Waals surface area (Å²) in [6.07, 6.45) is 5.42. The lowest BCUT2D eigenvalue weighted by atomic mass is 9.89. The molecule has 2 aromatic heterocycles. The van der Waals surface area contributed by atoms with E-state index < -0.39 is 0 Å². The summed E-state index contributed by atoms with van der Waals surface area (Å²) in [5.41, 5.74) is 2.46. The zero-order valence-electron chi connectivity index (χ0n) is 18.1. The Kier molecular flexibility index (Phi) is 5.69. The molecule has 0 atom stereocenters. The molecule has 1 N–H and O–H groups in total. The Hall–Kier alpha value is -2.61. The van der Waals surface area contributed by atoms with E-state index in [-0.39, 0.29) is 17.5 Å². The number of morpholine rings is 1. The second-order valence-electron chi connectivity index (χ2n) is 9.19. The minimum atomic E-state index is -0.232. The standard InChI is InChI=1S/C22H31N5O3/c1-22(2,3)24-21(29)26-7-4-16(5-8-26)17-6-9-27-19(14-17)18(15-23-27)20(28)25-10-12-30-13-11-25/h6,9,14-16H,4-5,7-8,10-13H2,1-3H3,(H,24,29). The van der Waals surface area contributed by atoms with Crippen LogP contribution < -0.4 is 5.32 Å². The van der Waals surface area contributed by atoms with Crippen molar-refractivity contribution in [2.24, 2.45) is 0 Å². The maximum absolute atomic E-state index is 13.0. The van der Waals surface area contributed by atoms with Crippen LogP contribution >= 0.6 is 0 Å². The van der Waals surface area contributed by atoms with Gasteiger partial charge < -0.3 is 19.9 Å². The molecule has 0 spiro atoms. The van der Waals surface area contributed by atoms with E-state index in [0.29, 0.717) is 37.8 Å². The zero-order chi connectivity index (χ0) is 21.3. The first-order chi connectivity index (χ1) is 14.3. The average molecular weight is 414 g/mol. The minimum absolute atomic E-state index is 0.00517. The van der Waals surface area contributed by atoms with E-state index in [1.165, 1.54) is 5.56 Å². The number of nitrogens with zero attached hydrogens (tertiary/aromatic N) is 4. The van der Waals surface area contributed by atoms with Crippen molar-refractivity contribution in [3.05, 3.63) is 35.7 Å². The average Bonchev–Trinajstić information content (AvgIpc) is 3.16. The van der Waals surface area contributed by atoms with Crippen molar-refractivity contribution in [1.29, 1.82) is 0 Å². The van der Waals surface area contributed by atoms with Crippen molar-refractivity contribution >= 4 is 17.5 Å². The molecule has 4 rings (SSSR count). The molecule has 30 heavy (non-hydrogen) atoms. The molecule has 3 amide bonds. The Morgan fingerprint density at radius 2 is 1.80 bits per heavy atom. The highest BCUT2D eigenvalue weighted by molar-refractivity contribution is 6.00. The molecule has 2 aromatic rings. The number of carbonyl (C=O) groups excluding carboxylic acids is 2. The van der Waals surface area contributed by atoms with Gasteiger partial charge in [0, 0.05) is 37.9 Å². The van der Waals surface area contributed by atoms with E-state index in [4.69, 9.17) is 4.74 Å². The Morgan fingerprint density at radius 3 is 2.47 bits per heavy atom. The Labute approximate surface area is 177 Å². The maximum Gasteiger partial charge on any atom is 0.317 e. The molecule has 0 radical (unpaired) electrons. The molecule has 0 aliphatic carbocycles. The zero-order valence-corrected chi connectivity index (χ0v) is 18.1. The summed E-state index contributed by atoms with van der Waals surface area (Å²) >= 11 is 0. The summed E-state index contributed by atoms with van der Waals surface area (Å²) in [6.45, 7) is 9.84. The van der Waals surface area contributed by atoms with Gasteiger partial charge in [-0.2, -0.15) is 5.10 Å². The molecule has 2 fully saturated rings. The summed E-state index contributed by atoms with van der Waals surface area (Å²) in [6, 6.07) is 4.18. The fourth-order valence-corrected chi connectivity index (χ4v) is 4.17. The molecule has 2 saturated heterocycles. The smallest absolute Gasteiger partial charge is 0.317 e. The monoisotopic (exact) mass is 413 g/mol. The molecule has 0 unspecified atom stereocenters. The van der Waals surface area contributed by atoms with Gasteiger partial charge in [-0.25, -0.2) is 9.31 Å². The molecule has 0 bridgehead atoms. The van der Waals surface area contributed by atoms with E-state index in [2.05, 4.69) is 22.5 Å². The van der Waals surface area contributed by atoms with Crippen LogP contribution in [0.4, 0.5) is 4.79 Å². The van der Waals surface area contributed by atoms with Gasteiger partial charge in [-0.15, -0.1) is 0 Å². The van der Waals surface area contributed by atoms with Crippen LogP contribution in [0.1, 0.15) is 55.5 Å². The number of rotatable bonds is 2. The van der Waals surface area contributed by atoms with Crippen LogP contribution in [0, 0.1) is 0 Å². The van der Waals surface area contributed by atoms with Gasteiger partial charge in [-0.3, -0.25) is 4.79 Å². The number of likely N-dealkylation sites (tertiary alicyclic amines) is 1. The number of pyridine rings is 1. The number of hydrogen-bond acceptors (Lipinski definition) is 4. The van der Waals surface area contributed by atoms with Gasteiger partial charge in [0.25, 0.3) is 5.91 Å². The Morgan fingerprint density at radius 1 is 1.10 bits per heavy atom. The molecule has 2 aliphatic heterocycles. The molecule has 8 heteroatoms. The largest absolute Gasteiger partial charge is 0.378 e. The maximum atomic E-state index is 13.0. The fraction of sp³-hybridized carbons (Fsp3) is 0.591. The number of fused-ring (bicyclic) bond motifs is 1. The first-order valence-corrected chi connectivity index (χ1v) is 10.7. The van der Waals surface area contributed by atoms with Crippen LogP contribution in [0.15, 0.2) is 24.5 Å². The van der Waals surface area contributed by atoms with Crippen molar-refractivity contribution in [3.63, 3.8) is 0 Å². The molecule has 8 nitrogen and oxygen atoms in total. The second-order valence-corrected chi connectivity index (χ2v) is 9.19. The summed E-state index contributed by atoms with van der Waals surface area (Å²) in [5, 5.41) is 7.41. The van der Waals surface area contributed by atoms with Crippen LogP contribution in [0.2, 0.25) is 0 Å². The predicted molar refractivity (Wildman–Crippen MR) is 114 cm³/mol. The third-order valence-corrected chi connectivity index (χ3v) is 5.81. The van der Waals surface area contributed by atoms with E-state index >= 15 is 0 Å². The number of hydrogen-bond donors (Lipinski definition) is 1. The summed E-state index contributed by atoms with van der Waals surface area (Å²) in [5.74, 6) is 0.383. The number of nitrogens with one attached hydrogen (secondary N) is 1. The quantitative estimate of drug-likeness (QED) is 0.820. The number of aromatic nitrogens is 2. The van der Waals surface area contributed by atoms with Crippen molar-refractivity contribution in [1.82, 2.24) is 24.7 Å². The molecular formula is C22H31N5O3. The van der Waals surface area contributed by atoms with Gasteiger partial charge in [0.05, 0.1) is 30.5 Å². The molecule has 2 aliphatic rings. The lowest BCUT2D eigenvalue weighted by molar-refractivity contribution is 0.0304. The minimum Gasteiger partial charge on any atom is -0.378 e. The van der Waals surface area contributed by atoms with Gasteiger partial charge in [0.15, 0.2) is 0 Å². The summed E-state index contributed by atoms with van der Waals surface area (Å²) < 4.78 is 7.13. The number of piperidine rings is 1. The summed E-state index contributed by atoms with van der Waals surface area (Å²) in [7, 11) is 0. The highest BCUT2D eigenvalue weighted by atomic mass is 16.5. The van der Waals surface area contributed by atoms with Crippen molar-refractivity contribution in [2.45, 2.75) is 45.1 Å². The van der Waals surface area contributed by atoms with Gasteiger partial charge >= 0.3 is 6.03 Å². The second kappa shape index (κ2) is 8.26. The van der Waals surface area contributed by atoms with Crippen LogP contribution in [0.3, 0.4) is 0 Å². The van der Waals surface area contributed by atoms with Crippen LogP contribution in [0.5, 0.6) is 0 Å². The van der Waals surface area contributed by atoms with Crippen LogP contribution in [0.25, 0.3) is 5.52 Å². The summed E-state index contributed by atoms with van der Waals surface area (Å²) in [4.78, 5) is 29.1. The topological polar surface area (TPSA) is 79.2 Å². The van der Waals surface area contributed by atoms with Crippen molar-refractivity contribution in [3.8, 4) is 0 Å². The van der Waals surface area contributed by atoms with E-state index in [0.717, 1.165) is 31.4 Å². The molecule has 162 valence electrons. The normalized spacial score (nSPS) is 18.6. The number of ether oxygens (including phenoxy) is 1. The van der Waals surface area contributed by atoms with Gasteiger partial charge in [-0.05, 0) is 57.2 Å². The highest BCUT2D eigenvalue weighted by Crippen LogP contribution is 2.29.